The van der Waals surface area contributed by atoms with Gasteiger partial charge in [-0.1, -0.05) is 152 Å². The fraction of sp³-hybridized carbons (Fsp3) is 0.0182. The third kappa shape index (κ3) is 3.84. The molecular weight excluding hydrogens is 717 g/mol. The van der Waals surface area contributed by atoms with E-state index in [1.54, 1.807) is 0 Å². The molecule has 9 aromatic carbocycles. The monoisotopic (exact) mass is 748 g/mol. The molecule has 1 spiro atoms. The summed E-state index contributed by atoms with van der Waals surface area (Å²) in [6, 6.07) is 71.0. The van der Waals surface area contributed by atoms with Crippen molar-refractivity contribution < 1.29 is 0 Å². The maximum atomic E-state index is 5.61. The predicted molar refractivity (Wildman–Crippen MR) is 242 cm³/mol. The van der Waals surface area contributed by atoms with Gasteiger partial charge >= 0.3 is 0 Å². The molecule has 0 N–H and O–H groups in total. The molecule has 0 saturated heterocycles. The van der Waals surface area contributed by atoms with Crippen LogP contribution in [0, 0.1) is 0 Å². The zero-order valence-corrected chi connectivity index (χ0v) is 31.8. The topological polar surface area (TPSA) is 35.6 Å². The van der Waals surface area contributed by atoms with Gasteiger partial charge in [-0.25, -0.2) is 9.97 Å². The van der Waals surface area contributed by atoms with Crippen LogP contribution in [0.25, 0.3) is 99.3 Å². The minimum atomic E-state index is -0.471. The highest BCUT2D eigenvalue weighted by Crippen LogP contribution is 2.62. The molecule has 3 heterocycles. The highest BCUT2D eigenvalue weighted by molar-refractivity contribution is 6.26. The molecule has 0 atom stereocenters. The Labute approximate surface area is 338 Å². The van der Waals surface area contributed by atoms with Gasteiger partial charge in [0, 0.05) is 38.2 Å². The summed E-state index contributed by atoms with van der Waals surface area (Å²) in [5, 5.41) is 8.55. The van der Waals surface area contributed by atoms with E-state index in [1.807, 2.05) is 0 Å². The highest BCUT2D eigenvalue weighted by Gasteiger charge is 2.50. The number of nitrogens with zero attached hydrogens (tertiary/aromatic N) is 4. The van der Waals surface area contributed by atoms with Crippen molar-refractivity contribution in [1.29, 1.82) is 0 Å². The van der Waals surface area contributed by atoms with Crippen molar-refractivity contribution in [3.63, 3.8) is 0 Å². The van der Waals surface area contributed by atoms with E-state index in [-0.39, 0.29) is 0 Å². The number of aromatic nitrogens is 4. The molecule has 272 valence electrons. The van der Waals surface area contributed by atoms with Gasteiger partial charge in [-0.2, -0.15) is 0 Å². The fourth-order valence-electron chi connectivity index (χ4n) is 11.1. The average Bonchev–Trinajstić information content (AvgIpc) is 3.93. The van der Waals surface area contributed by atoms with Crippen LogP contribution in [0.3, 0.4) is 0 Å². The van der Waals surface area contributed by atoms with Crippen LogP contribution in [0.4, 0.5) is 0 Å². The Morgan fingerprint density at radius 1 is 0.373 bits per heavy atom. The first-order chi connectivity index (χ1) is 29.3. The largest absolute Gasteiger partial charge is 0.309 e. The van der Waals surface area contributed by atoms with Gasteiger partial charge in [-0.15, -0.1) is 0 Å². The van der Waals surface area contributed by atoms with Crippen LogP contribution in [-0.4, -0.2) is 19.1 Å². The lowest BCUT2D eigenvalue weighted by Crippen LogP contribution is -2.30. The second-order valence-corrected chi connectivity index (χ2v) is 16.0. The molecule has 59 heavy (non-hydrogen) atoms. The van der Waals surface area contributed by atoms with Gasteiger partial charge in [0.15, 0.2) is 0 Å². The number of fused-ring (bicyclic) bond motifs is 11. The molecule has 0 unspecified atom stereocenters. The van der Waals surface area contributed by atoms with Crippen LogP contribution < -0.4 is 0 Å². The van der Waals surface area contributed by atoms with Crippen LogP contribution >= 0.6 is 0 Å². The van der Waals surface area contributed by atoms with Crippen LogP contribution in [0.1, 0.15) is 22.3 Å². The lowest BCUT2D eigenvalue weighted by Gasteiger charge is -2.37. The van der Waals surface area contributed by atoms with E-state index in [1.165, 1.54) is 71.2 Å². The maximum absolute atomic E-state index is 5.61. The minimum absolute atomic E-state index is 0.471. The second kappa shape index (κ2) is 11.2. The molecule has 12 aromatic rings. The second-order valence-electron chi connectivity index (χ2n) is 16.0. The molecule has 14 rings (SSSR count). The summed E-state index contributed by atoms with van der Waals surface area (Å²) in [4.78, 5) is 11.0. The van der Waals surface area contributed by atoms with Gasteiger partial charge in [0.05, 0.1) is 38.7 Å². The third-order valence-corrected chi connectivity index (χ3v) is 13.3. The average molecular weight is 749 g/mol. The number of hydrogen-bond donors (Lipinski definition) is 0. The molecule has 0 amide bonds. The molecule has 2 aliphatic carbocycles. The van der Waals surface area contributed by atoms with E-state index >= 15 is 0 Å². The highest BCUT2D eigenvalue weighted by atomic mass is 15.2. The molecule has 4 nitrogen and oxygen atoms in total. The van der Waals surface area contributed by atoms with E-state index < -0.39 is 5.41 Å². The Hall–Kier alpha value is -7.82. The minimum Gasteiger partial charge on any atom is -0.309 e. The Bertz CT molecular complexity index is 3750. The normalized spacial score (nSPS) is 13.6. The van der Waals surface area contributed by atoms with Crippen molar-refractivity contribution in [2.75, 3.05) is 0 Å². The lowest BCUT2D eigenvalue weighted by molar-refractivity contribution is 0.783. The van der Waals surface area contributed by atoms with Crippen molar-refractivity contribution >= 4 is 65.3 Å². The first-order valence-corrected chi connectivity index (χ1v) is 20.3. The quantitative estimate of drug-likeness (QED) is 0.180. The molecule has 3 aromatic heterocycles. The summed E-state index contributed by atoms with van der Waals surface area (Å²) in [6.07, 6.45) is 0. The number of benzene rings is 9. The smallest absolute Gasteiger partial charge is 0.235 e. The molecule has 0 saturated carbocycles. The van der Waals surface area contributed by atoms with Crippen LogP contribution in [0.15, 0.2) is 194 Å². The summed E-state index contributed by atoms with van der Waals surface area (Å²) in [5.41, 5.74) is 16.0. The van der Waals surface area contributed by atoms with Gasteiger partial charge in [0.1, 0.15) is 0 Å². The number of rotatable bonds is 3. The zero-order valence-electron chi connectivity index (χ0n) is 31.8. The van der Waals surface area contributed by atoms with E-state index in [2.05, 4.69) is 203 Å². The van der Waals surface area contributed by atoms with E-state index in [0.717, 1.165) is 44.4 Å². The summed E-state index contributed by atoms with van der Waals surface area (Å²) >= 11 is 0. The predicted octanol–water partition coefficient (Wildman–Crippen LogP) is 13.3. The molecule has 0 aliphatic heterocycles. The lowest BCUT2D eigenvalue weighted by atomic mass is 9.63. The summed E-state index contributed by atoms with van der Waals surface area (Å²) < 4.78 is 4.70. The molecule has 2 aliphatic rings. The Balaban J connectivity index is 1.08. The van der Waals surface area contributed by atoms with Gasteiger partial charge in [0.25, 0.3) is 0 Å². The number of para-hydroxylation sites is 3. The first kappa shape index (κ1) is 31.3. The van der Waals surface area contributed by atoms with Crippen molar-refractivity contribution in [2.24, 2.45) is 0 Å². The van der Waals surface area contributed by atoms with Gasteiger partial charge < -0.3 is 4.57 Å². The molecule has 0 bridgehead atoms. The molecule has 0 radical (unpaired) electrons. The summed E-state index contributed by atoms with van der Waals surface area (Å²) in [6.45, 7) is 0. The Kier molecular flexibility index (Phi) is 5.93. The fourth-order valence-corrected chi connectivity index (χ4v) is 11.1. The van der Waals surface area contributed by atoms with Crippen LogP contribution in [0.2, 0.25) is 0 Å². The first-order valence-electron chi connectivity index (χ1n) is 20.3. The summed E-state index contributed by atoms with van der Waals surface area (Å²) in [7, 11) is 0. The van der Waals surface area contributed by atoms with Crippen molar-refractivity contribution in [1.82, 2.24) is 19.1 Å². The van der Waals surface area contributed by atoms with Crippen molar-refractivity contribution in [3.05, 3.63) is 216 Å². The Morgan fingerprint density at radius 2 is 1.00 bits per heavy atom. The Morgan fingerprint density at radius 3 is 1.83 bits per heavy atom. The van der Waals surface area contributed by atoms with Crippen LogP contribution in [0.5, 0.6) is 0 Å². The van der Waals surface area contributed by atoms with Gasteiger partial charge in [-0.3, -0.25) is 4.57 Å². The van der Waals surface area contributed by atoms with Crippen molar-refractivity contribution in [2.45, 2.75) is 5.41 Å². The third-order valence-electron chi connectivity index (χ3n) is 13.3. The van der Waals surface area contributed by atoms with Crippen molar-refractivity contribution in [3.8, 4) is 34.0 Å². The van der Waals surface area contributed by atoms with Gasteiger partial charge in [0.2, 0.25) is 5.95 Å². The molecule has 4 heteroatoms. The molecular formula is C55H32N4. The number of hydrogen-bond acceptors (Lipinski definition) is 2. The van der Waals surface area contributed by atoms with Crippen LogP contribution in [-0.2, 0) is 5.41 Å². The summed E-state index contributed by atoms with van der Waals surface area (Å²) in [5.74, 6) is 0.666. The maximum Gasteiger partial charge on any atom is 0.235 e. The zero-order chi connectivity index (χ0) is 38.4. The molecule has 0 fully saturated rings. The van der Waals surface area contributed by atoms with E-state index in [9.17, 15) is 0 Å². The van der Waals surface area contributed by atoms with E-state index in [0.29, 0.717) is 5.95 Å². The van der Waals surface area contributed by atoms with Gasteiger partial charge in [-0.05, 0) is 86.6 Å². The van der Waals surface area contributed by atoms with E-state index in [4.69, 9.17) is 9.97 Å². The standard InChI is InChI=1S/C55H32N4/c1-2-15-35(16-3-1)58-46-26-11-7-19-38(46)39-30-28-34(32-49(39)58)53-40-20-6-10-25-45(40)56-54(57-53)59-47-27-13-24-44-51(47)52-48(59)31-29-33-14-12-23-43(50(33)52)55(44)41-21-8-4-17-36(41)37-18-5-9-22-42(37)55/h1-32H. The SMILES string of the molecule is c1ccc(-n2c3ccccc3c3ccc(-c4nc(-n5c6cccc7c6c6c8c(cccc8ccc65)C75c6ccccc6-c6ccccc65)nc5ccccc45)cc32)cc1.